The van der Waals surface area contributed by atoms with Crippen LogP contribution in [0.1, 0.15) is 22.5 Å². The van der Waals surface area contributed by atoms with Gasteiger partial charge in [0.2, 0.25) is 5.82 Å². The molecule has 6 nitrogen and oxygen atoms in total. The molecule has 5 heterocycles. The Labute approximate surface area is 166 Å². The Morgan fingerprint density at radius 2 is 2.14 bits per heavy atom. The first-order valence-corrected chi connectivity index (χ1v) is 10.1. The van der Waals surface area contributed by atoms with Gasteiger partial charge in [0.05, 0.1) is 10.6 Å². The Hall–Kier alpha value is -2.90. The van der Waals surface area contributed by atoms with Crippen LogP contribution in [0, 0.1) is 6.92 Å². The molecule has 0 unspecified atom stereocenters. The molecule has 4 aromatic rings. The number of pyridine rings is 2. The van der Waals surface area contributed by atoms with E-state index in [4.69, 9.17) is 4.52 Å². The topological polar surface area (TPSA) is 67.9 Å². The molecule has 1 aliphatic heterocycles. The summed E-state index contributed by atoms with van der Waals surface area (Å²) in [6.07, 6.45) is 4.76. The molecule has 140 valence electrons. The summed E-state index contributed by atoms with van der Waals surface area (Å²) in [5.41, 5.74) is 5.55. The maximum Gasteiger partial charge on any atom is 0.268 e. The highest BCUT2D eigenvalue weighted by molar-refractivity contribution is 7.13. The van der Waals surface area contributed by atoms with Gasteiger partial charge < -0.3 is 4.52 Å². The van der Waals surface area contributed by atoms with Crippen molar-refractivity contribution in [1.29, 1.82) is 0 Å². The molecule has 28 heavy (non-hydrogen) atoms. The van der Waals surface area contributed by atoms with Crippen molar-refractivity contribution in [3.05, 3.63) is 70.6 Å². The Morgan fingerprint density at radius 1 is 1.18 bits per heavy atom. The van der Waals surface area contributed by atoms with E-state index in [0.29, 0.717) is 11.7 Å². The average molecular weight is 389 g/mol. The summed E-state index contributed by atoms with van der Waals surface area (Å²) in [4.78, 5) is 17.1. The van der Waals surface area contributed by atoms with E-state index in [1.165, 1.54) is 11.1 Å². The first-order chi connectivity index (χ1) is 13.8. The van der Waals surface area contributed by atoms with Crippen LogP contribution in [0.4, 0.5) is 0 Å². The van der Waals surface area contributed by atoms with Crippen molar-refractivity contribution < 1.29 is 4.52 Å². The Balaban J connectivity index is 1.45. The number of thiophene rings is 1. The molecule has 0 fully saturated rings. The lowest BCUT2D eigenvalue weighted by Crippen LogP contribution is -2.31. The summed E-state index contributed by atoms with van der Waals surface area (Å²) < 4.78 is 5.51. The highest BCUT2D eigenvalue weighted by Gasteiger charge is 2.24. The lowest BCUT2D eigenvalue weighted by Gasteiger charge is -2.29. The summed E-state index contributed by atoms with van der Waals surface area (Å²) in [5.74, 6) is 1.19. The minimum absolute atomic E-state index is 0.564. The van der Waals surface area contributed by atoms with E-state index < -0.39 is 0 Å². The molecule has 0 N–H and O–H groups in total. The lowest BCUT2D eigenvalue weighted by molar-refractivity contribution is 0.242. The molecule has 7 heteroatoms. The Bertz CT molecular complexity index is 1090. The third kappa shape index (κ3) is 3.23. The maximum atomic E-state index is 5.51. The molecule has 4 aromatic heterocycles. The van der Waals surface area contributed by atoms with Crippen molar-refractivity contribution in [3.8, 4) is 22.2 Å². The molecule has 0 spiro atoms. The van der Waals surface area contributed by atoms with Gasteiger partial charge in [-0.2, -0.15) is 4.98 Å². The number of fused-ring (bicyclic) bond motifs is 1. The van der Waals surface area contributed by atoms with Gasteiger partial charge in [0, 0.05) is 43.3 Å². The van der Waals surface area contributed by atoms with E-state index in [0.717, 1.165) is 47.9 Å². The van der Waals surface area contributed by atoms with Gasteiger partial charge in [-0.15, -0.1) is 11.3 Å². The first kappa shape index (κ1) is 17.2. The van der Waals surface area contributed by atoms with Crippen molar-refractivity contribution in [2.75, 3.05) is 6.54 Å². The highest BCUT2D eigenvalue weighted by Crippen LogP contribution is 2.32. The van der Waals surface area contributed by atoms with E-state index in [1.54, 1.807) is 11.3 Å². The summed E-state index contributed by atoms with van der Waals surface area (Å²) in [7, 11) is 0. The van der Waals surface area contributed by atoms with Gasteiger partial charge in [0.15, 0.2) is 0 Å². The van der Waals surface area contributed by atoms with Crippen LogP contribution in [0.2, 0.25) is 0 Å². The molecular weight excluding hydrogens is 370 g/mol. The molecule has 0 bridgehead atoms. The number of nitrogens with zero attached hydrogens (tertiary/aromatic N) is 5. The van der Waals surface area contributed by atoms with Crippen molar-refractivity contribution in [2.24, 2.45) is 0 Å². The van der Waals surface area contributed by atoms with E-state index in [2.05, 4.69) is 31.1 Å². The second-order valence-corrected chi connectivity index (χ2v) is 7.85. The predicted molar refractivity (Wildman–Crippen MR) is 108 cm³/mol. The van der Waals surface area contributed by atoms with Crippen LogP contribution in [0.5, 0.6) is 0 Å². The lowest BCUT2D eigenvalue weighted by atomic mass is 9.94. The number of aryl methyl sites for hydroxylation is 1. The summed E-state index contributed by atoms with van der Waals surface area (Å²) in [5, 5.41) is 6.26. The molecule has 0 atom stereocenters. The van der Waals surface area contributed by atoms with Crippen LogP contribution in [-0.2, 0) is 19.5 Å². The molecular formula is C21H19N5OS. The van der Waals surface area contributed by atoms with Crippen molar-refractivity contribution in [2.45, 2.75) is 26.4 Å². The van der Waals surface area contributed by atoms with E-state index >= 15 is 0 Å². The monoisotopic (exact) mass is 389 g/mol. The van der Waals surface area contributed by atoms with Gasteiger partial charge in [-0.05, 0) is 48.1 Å². The Morgan fingerprint density at radius 3 is 2.96 bits per heavy atom. The smallest absolute Gasteiger partial charge is 0.268 e. The zero-order valence-electron chi connectivity index (χ0n) is 15.5. The number of hydrogen-bond acceptors (Lipinski definition) is 7. The maximum absolute atomic E-state index is 5.51. The molecule has 5 rings (SSSR count). The van der Waals surface area contributed by atoms with Crippen molar-refractivity contribution in [3.63, 3.8) is 0 Å². The van der Waals surface area contributed by atoms with Crippen LogP contribution >= 0.6 is 11.3 Å². The molecule has 0 radical (unpaired) electrons. The fourth-order valence-corrected chi connectivity index (χ4v) is 4.33. The van der Waals surface area contributed by atoms with Gasteiger partial charge >= 0.3 is 0 Å². The number of aromatic nitrogens is 4. The predicted octanol–water partition coefficient (Wildman–Crippen LogP) is 4.12. The highest BCUT2D eigenvalue weighted by atomic mass is 32.1. The SMILES string of the molecule is Cc1ncc2c(c1-c1noc(-c3cccs3)n1)CCN(Cc1ccccn1)C2. The first-order valence-electron chi connectivity index (χ1n) is 9.25. The molecule has 0 amide bonds. The quantitative estimate of drug-likeness (QED) is 0.523. The zero-order valence-corrected chi connectivity index (χ0v) is 16.3. The standard InChI is InChI=1S/C21H19N5OS/c1-14-19(20-24-21(27-25-20)18-6-4-10-28-18)17-7-9-26(12-15(17)11-23-14)13-16-5-2-3-8-22-16/h2-6,8,10-11H,7,9,12-13H2,1H3. The normalized spacial score (nSPS) is 14.2. The van der Waals surface area contributed by atoms with E-state index in [1.807, 2.05) is 49.0 Å². The van der Waals surface area contributed by atoms with Gasteiger partial charge in [0.1, 0.15) is 0 Å². The van der Waals surface area contributed by atoms with Gasteiger partial charge in [-0.25, -0.2) is 0 Å². The molecule has 0 aliphatic carbocycles. The van der Waals surface area contributed by atoms with Gasteiger partial charge in [-0.1, -0.05) is 17.3 Å². The van der Waals surface area contributed by atoms with Crippen molar-refractivity contribution in [1.82, 2.24) is 25.0 Å². The second-order valence-electron chi connectivity index (χ2n) is 6.90. The minimum Gasteiger partial charge on any atom is -0.333 e. The fraction of sp³-hybridized carbons (Fsp3) is 0.238. The molecule has 0 aromatic carbocycles. The van der Waals surface area contributed by atoms with Crippen LogP contribution in [0.25, 0.3) is 22.2 Å². The minimum atomic E-state index is 0.564. The average Bonchev–Trinajstić information content (AvgIpc) is 3.41. The molecule has 0 saturated carbocycles. The van der Waals surface area contributed by atoms with Crippen LogP contribution in [0.3, 0.4) is 0 Å². The second kappa shape index (κ2) is 7.26. The largest absolute Gasteiger partial charge is 0.333 e. The fourth-order valence-electron chi connectivity index (χ4n) is 3.69. The van der Waals surface area contributed by atoms with E-state index in [9.17, 15) is 0 Å². The third-order valence-corrected chi connectivity index (χ3v) is 5.89. The van der Waals surface area contributed by atoms with Crippen LogP contribution < -0.4 is 0 Å². The van der Waals surface area contributed by atoms with Crippen LogP contribution in [0.15, 0.2) is 52.6 Å². The molecule has 1 aliphatic rings. The van der Waals surface area contributed by atoms with E-state index in [-0.39, 0.29) is 0 Å². The summed E-state index contributed by atoms with van der Waals surface area (Å²) >= 11 is 1.59. The Kier molecular flexibility index (Phi) is 4.46. The number of hydrogen-bond donors (Lipinski definition) is 0. The van der Waals surface area contributed by atoms with Gasteiger partial charge in [0.25, 0.3) is 5.89 Å². The summed E-state index contributed by atoms with van der Waals surface area (Å²) in [6.45, 7) is 4.67. The molecule has 0 saturated heterocycles. The van der Waals surface area contributed by atoms with Crippen LogP contribution in [-0.4, -0.2) is 31.6 Å². The third-order valence-electron chi connectivity index (χ3n) is 5.03. The van der Waals surface area contributed by atoms with Crippen molar-refractivity contribution >= 4 is 11.3 Å². The number of rotatable bonds is 4. The van der Waals surface area contributed by atoms with Gasteiger partial charge in [-0.3, -0.25) is 14.9 Å². The summed E-state index contributed by atoms with van der Waals surface area (Å²) in [6, 6.07) is 10.0. The zero-order chi connectivity index (χ0) is 18.9.